The molecule has 0 aliphatic heterocycles. The van der Waals surface area contributed by atoms with Gasteiger partial charge in [0.1, 0.15) is 11.8 Å². The maximum Gasteiger partial charge on any atom is 0.337 e. The van der Waals surface area contributed by atoms with Crippen LogP contribution in [0.1, 0.15) is 96.0 Å². The van der Waals surface area contributed by atoms with Crippen LogP contribution in [0.3, 0.4) is 0 Å². The summed E-state index contributed by atoms with van der Waals surface area (Å²) < 4.78 is 25.1. The Morgan fingerprint density at radius 3 is 1.93 bits per heavy atom. The van der Waals surface area contributed by atoms with E-state index in [9.17, 15) is 52.8 Å². The smallest absolute Gasteiger partial charge is 0.337 e. The first-order valence-electron chi connectivity index (χ1n) is 15.5. The molecule has 0 saturated carbocycles. The van der Waals surface area contributed by atoms with Gasteiger partial charge in [-0.05, 0) is 43.4 Å². The standard InChI is InChI=1S/C32H48N2O11S/c1-3-4-5-8-11-14-25(35)15-12-9-6-7-10-13-16-26(32(43,31(41)42)22-28(36)37)29(38)33-27(30(39)40)21-23-17-19-24(20-18-23)34-46(2,44)45/h13,16-20,26-27,34,43H,3-12,14-15,21-22H2,1-2H3,(H,33,38)(H,36,37)(H,39,40)(H,41,42)/b16-13+/t26-,27+,32+/m1/s1. The molecule has 0 aromatic heterocycles. The van der Waals surface area contributed by atoms with Gasteiger partial charge in [0.15, 0.2) is 5.60 Å². The summed E-state index contributed by atoms with van der Waals surface area (Å²) >= 11 is 0. The number of rotatable bonds is 25. The normalized spacial score (nSPS) is 14.2. The largest absolute Gasteiger partial charge is 0.481 e. The van der Waals surface area contributed by atoms with Crippen molar-refractivity contribution >= 4 is 45.3 Å². The minimum absolute atomic E-state index is 0.231. The Labute approximate surface area is 270 Å². The lowest BCUT2D eigenvalue weighted by molar-refractivity contribution is -0.172. The van der Waals surface area contributed by atoms with Crippen LogP contribution >= 0.6 is 0 Å². The molecule has 6 N–H and O–H groups in total. The molecule has 46 heavy (non-hydrogen) atoms. The Bertz CT molecular complexity index is 1300. The molecule has 0 aliphatic rings. The van der Waals surface area contributed by atoms with Gasteiger partial charge in [0, 0.05) is 24.9 Å². The van der Waals surface area contributed by atoms with Crippen molar-refractivity contribution in [3.05, 3.63) is 42.0 Å². The molecule has 0 saturated heterocycles. The molecule has 0 aliphatic carbocycles. The number of hydrogen-bond acceptors (Lipinski definition) is 8. The molecule has 14 heteroatoms. The number of nitrogens with one attached hydrogen (secondary N) is 2. The minimum atomic E-state index is -3.54. The fraction of sp³-hybridized carbons (Fsp3) is 0.594. The number of carboxylic acid groups (broad SMARTS) is 3. The van der Waals surface area contributed by atoms with Gasteiger partial charge in [-0.1, -0.05) is 69.7 Å². The molecule has 0 fully saturated rings. The number of anilines is 1. The van der Waals surface area contributed by atoms with Gasteiger partial charge in [0.2, 0.25) is 15.9 Å². The summed E-state index contributed by atoms with van der Waals surface area (Å²) in [5.41, 5.74) is -2.44. The van der Waals surface area contributed by atoms with Gasteiger partial charge in [-0.3, -0.25) is 19.1 Å². The van der Waals surface area contributed by atoms with E-state index in [0.29, 0.717) is 31.2 Å². The molecule has 1 aromatic rings. The molecule has 1 rings (SSSR count). The number of allylic oxidation sites excluding steroid dienone is 1. The average Bonchev–Trinajstić information content (AvgIpc) is 2.95. The molecule has 1 amide bonds. The average molecular weight is 669 g/mol. The topological polar surface area (TPSA) is 224 Å². The summed E-state index contributed by atoms with van der Waals surface area (Å²) in [6, 6.07) is 4.09. The van der Waals surface area contributed by atoms with Crippen molar-refractivity contribution in [1.82, 2.24) is 5.32 Å². The molecule has 1 aromatic carbocycles. The van der Waals surface area contributed by atoms with Crippen molar-refractivity contribution in [3.8, 4) is 0 Å². The highest BCUT2D eigenvalue weighted by Crippen LogP contribution is 2.26. The summed E-state index contributed by atoms with van der Waals surface area (Å²) in [5.74, 6) is -7.99. The molecule has 0 spiro atoms. The van der Waals surface area contributed by atoms with Gasteiger partial charge < -0.3 is 25.7 Å². The minimum Gasteiger partial charge on any atom is -0.481 e. The number of hydrogen-bond donors (Lipinski definition) is 6. The molecule has 3 atom stereocenters. The first kappa shape index (κ1) is 40.2. The van der Waals surface area contributed by atoms with Crippen molar-refractivity contribution in [2.24, 2.45) is 5.92 Å². The summed E-state index contributed by atoms with van der Waals surface area (Å²) in [6.45, 7) is 2.14. The summed E-state index contributed by atoms with van der Waals surface area (Å²) in [6.07, 6.45) is 11.7. The summed E-state index contributed by atoms with van der Waals surface area (Å²) in [4.78, 5) is 60.7. The van der Waals surface area contributed by atoms with E-state index in [1.54, 1.807) is 0 Å². The Hall–Kier alpha value is -3.78. The Morgan fingerprint density at radius 2 is 1.43 bits per heavy atom. The van der Waals surface area contributed by atoms with Gasteiger partial charge >= 0.3 is 17.9 Å². The molecular weight excluding hydrogens is 620 g/mol. The van der Waals surface area contributed by atoms with E-state index in [4.69, 9.17) is 0 Å². The predicted molar refractivity (Wildman–Crippen MR) is 172 cm³/mol. The van der Waals surface area contributed by atoms with E-state index in [0.717, 1.165) is 57.3 Å². The number of sulfonamides is 1. The molecule has 13 nitrogen and oxygen atoms in total. The number of carboxylic acids is 3. The van der Waals surface area contributed by atoms with E-state index in [1.165, 1.54) is 36.8 Å². The number of carbonyl (C=O) groups excluding carboxylic acids is 2. The fourth-order valence-corrected chi connectivity index (χ4v) is 5.42. The Balaban J connectivity index is 2.86. The predicted octanol–water partition coefficient (Wildman–Crippen LogP) is 3.90. The van der Waals surface area contributed by atoms with Crippen LogP contribution in [0.2, 0.25) is 0 Å². The highest BCUT2D eigenvalue weighted by Gasteiger charge is 2.49. The second kappa shape index (κ2) is 20.4. The van der Waals surface area contributed by atoms with Crippen LogP contribution in [0.15, 0.2) is 36.4 Å². The Morgan fingerprint density at radius 1 is 0.870 bits per heavy atom. The highest BCUT2D eigenvalue weighted by atomic mass is 32.2. The van der Waals surface area contributed by atoms with Crippen molar-refractivity contribution < 1.29 is 52.8 Å². The van der Waals surface area contributed by atoms with E-state index >= 15 is 0 Å². The number of ketones is 1. The zero-order chi connectivity index (χ0) is 34.8. The van der Waals surface area contributed by atoms with Gasteiger partial charge in [-0.2, -0.15) is 0 Å². The van der Waals surface area contributed by atoms with Gasteiger partial charge in [0.05, 0.1) is 18.6 Å². The maximum absolute atomic E-state index is 13.2. The third-order valence-electron chi connectivity index (χ3n) is 7.36. The number of benzene rings is 1. The van der Waals surface area contributed by atoms with Crippen LogP contribution < -0.4 is 10.0 Å². The van der Waals surface area contributed by atoms with Crippen LogP contribution in [0.5, 0.6) is 0 Å². The number of Topliss-reactive ketones (excluding diaryl/α,β-unsaturated/α-hetero) is 1. The molecule has 0 heterocycles. The first-order chi connectivity index (χ1) is 21.6. The molecule has 258 valence electrons. The van der Waals surface area contributed by atoms with Gasteiger partial charge in [-0.25, -0.2) is 18.0 Å². The lowest BCUT2D eigenvalue weighted by atomic mass is 9.82. The third-order valence-corrected chi connectivity index (χ3v) is 7.97. The summed E-state index contributed by atoms with van der Waals surface area (Å²) in [5, 5.41) is 41.8. The third kappa shape index (κ3) is 16.0. The van der Waals surface area contributed by atoms with Gasteiger partial charge in [-0.15, -0.1) is 0 Å². The molecule has 0 radical (unpaired) electrons. The monoisotopic (exact) mass is 668 g/mol. The Kier molecular flexibility index (Phi) is 17.8. The second-order valence-corrected chi connectivity index (χ2v) is 13.3. The number of unbranched alkanes of at least 4 members (excludes halogenated alkanes) is 8. The van der Waals surface area contributed by atoms with Crippen LogP contribution in [0.4, 0.5) is 5.69 Å². The van der Waals surface area contributed by atoms with E-state index < -0.39 is 57.8 Å². The van der Waals surface area contributed by atoms with Crippen molar-refractivity contribution in [1.29, 1.82) is 0 Å². The van der Waals surface area contributed by atoms with Crippen molar-refractivity contribution in [2.75, 3.05) is 11.0 Å². The van der Waals surface area contributed by atoms with E-state index in [2.05, 4.69) is 17.0 Å². The van der Waals surface area contributed by atoms with Crippen LogP contribution in [0, 0.1) is 5.92 Å². The van der Waals surface area contributed by atoms with E-state index in [1.807, 2.05) is 0 Å². The quantitative estimate of drug-likeness (QED) is 0.0647. The maximum atomic E-state index is 13.2. The zero-order valence-electron chi connectivity index (χ0n) is 26.6. The molecule has 0 unspecified atom stereocenters. The second-order valence-electron chi connectivity index (χ2n) is 11.5. The SMILES string of the molecule is CCCCCCCC(=O)CCCCCC/C=C/[C@H](C(=O)N[C@@H](Cc1ccc(NS(C)(=O)=O)cc1)C(=O)O)[C@@](O)(CC(=O)O)C(=O)O. The number of carbonyl (C=O) groups is 5. The zero-order valence-corrected chi connectivity index (χ0v) is 27.4. The highest BCUT2D eigenvalue weighted by molar-refractivity contribution is 7.92. The number of amides is 1. The lowest BCUT2D eigenvalue weighted by Gasteiger charge is -2.29. The van der Waals surface area contributed by atoms with Gasteiger partial charge in [0.25, 0.3) is 0 Å². The van der Waals surface area contributed by atoms with Crippen LogP contribution in [-0.4, -0.2) is 76.3 Å². The fourth-order valence-electron chi connectivity index (χ4n) is 4.85. The van der Waals surface area contributed by atoms with Crippen LogP contribution in [-0.2, 0) is 40.4 Å². The first-order valence-corrected chi connectivity index (χ1v) is 17.4. The molecular formula is C32H48N2O11S. The lowest BCUT2D eigenvalue weighted by Crippen LogP contribution is -2.55. The number of aliphatic carboxylic acids is 3. The van der Waals surface area contributed by atoms with Crippen LogP contribution in [0.25, 0.3) is 0 Å². The molecule has 0 bridgehead atoms. The van der Waals surface area contributed by atoms with Crippen molar-refractivity contribution in [2.45, 2.75) is 108 Å². The van der Waals surface area contributed by atoms with E-state index in [-0.39, 0.29) is 17.9 Å². The number of aliphatic hydroxyl groups is 1. The summed E-state index contributed by atoms with van der Waals surface area (Å²) in [7, 11) is -3.54. The van der Waals surface area contributed by atoms with Crippen molar-refractivity contribution in [3.63, 3.8) is 0 Å².